The van der Waals surface area contributed by atoms with E-state index in [1.807, 2.05) is 6.07 Å². The number of hydrogen-bond donors (Lipinski definition) is 2. The topological polar surface area (TPSA) is 101 Å². The first kappa shape index (κ1) is 21.3. The third-order valence-corrected chi connectivity index (χ3v) is 4.53. The molecule has 0 spiro atoms. The molecule has 2 heterocycles. The molecule has 3 rings (SSSR count). The fraction of sp³-hybridized carbons (Fsp3) is 0.150. The third-order valence-electron chi connectivity index (χ3n) is 3.98. The molecule has 1 aromatic carbocycles. The van der Waals surface area contributed by atoms with Crippen molar-refractivity contribution in [2.75, 3.05) is 25.5 Å². The number of pyridine rings is 1. The quantitative estimate of drug-likeness (QED) is 0.406. The van der Waals surface area contributed by atoms with Crippen LogP contribution >= 0.6 is 23.2 Å². The van der Waals surface area contributed by atoms with E-state index in [0.29, 0.717) is 57.4 Å². The van der Waals surface area contributed by atoms with Gasteiger partial charge in [-0.3, -0.25) is 15.4 Å². The van der Waals surface area contributed by atoms with Gasteiger partial charge in [-0.15, -0.1) is 0 Å². The molecule has 0 fully saturated rings. The summed E-state index contributed by atoms with van der Waals surface area (Å²) in [5.74, 6) is 1.61. The lowest BCUT2D eigenvalue weighted by atomic mass is 10.2. The zero-order valence-electron chi connectivity index (χ0n) is 16.1. The number of halogens is 2. The Bertz CT molecular complexity index is 1070. The van der Waals surface area contributed by atoms with Gasteiger partial charge < -0.3 is 5.32 Å². The van der Waals surface area contributed by atoms with Crippen molar-refractivity contribution < 1.29 is 0 Å². The number of anilines is 1. The summed E-state index contributed by atoms with van der Waals surface area (Å²) in [4.78, 5) is 17.3. The molecule has 1 aliphatic rings. The average molecular weight is 441 g/mol. The molecule has 0 aliphatic carbocycles. The van der Waals surface area contributed by atoms with Crippen LogP contribution in [0.15, 0.2) is 63.8 Å². The highest BCUT2D eigenvalue weighted by Gasteiger charge is 2.22. The molecule has 0 atom stereocenters. The minimum absolute atomic E-state index is 0.429. The van der Waals surface area contributed by atoms with Gasteiger partial charge in [-0.25, -0.2) is 15.0 Å². The second-order valence-corrected chi connectivity index (χ2v) is 6.91. The van der Waals surface area contributed by atoms with Gasteiger partial charge in [0.25, 0.3) is 0 Å². The zero-order valence-corrected chi connectivity index (χ0v) is 17.6. The molecule has 0 saturated carbocycles. The maximum absolute atomic E-state index is 8.82. The fourth-order valence-electron chi connectivity index (χ4n) is 2.54. The minimum Gasteiger partial charge on any atom is -0.368 e. The molecule has 0 saturated heterocycles. The largest absolute Gasteiger partial charge is 0.368 e. The number of benzene rings is 1. The second-order valence-electron chi connectivity index (χ2n) is 6.06. The highest BCUT2D eigenvalue weighted by molar-refractivity contribution is 6.37. The summed E-state index contributed by atoms with van der Waals surface area (Å²) < 4.78 is 0. The van der Waals surface area contributed by atoms with Crippen molar-refractivity contribution in [2.24, 2.45) is 15.0 Å². The van der Waals surface area contributed by atoms with E-state index in [0.717, 1.165) is 0 Å². The highest BCUT2D eigenvalue weighted by Crippen LogP contribution is 2.23. The van der Waals surface area contributed by atoms with Gasteiger partial charge in [-0.2, -0.15) is 5.26 Å². The number of rotatable bonds is 6. The Morgan fingerprint density at radius 3 is 2.83 bits per heavy atom. The molecule has 1 aromatic heterocycles. The van der Waals surface area contributed by atoms with E-state index in [1.165, 1.54) is 6.20 Å². The van der Waals surface area contributed by atoms with E-state index < -0.39 is 0 Å². The Morgan fingerprint density at radius 2 is 2.17 bits per heavy atom. The molecule has 2 aromatic rings. The molecular weight excluding hydrogens is 423 g/mol. The number of aromatic nitrogens is 1. The van der Waals surface area contributed by atoms with Crippen LogP contribution in [0.3, 0.4) is 0 Å². The molecule has 1 aliphatic heterocycles. The van der Waals surface area contributed by atoms with Gasteiger partial charge in [-0.1, -0.05) is 29.8 Å². The Labute approximate surface area is 184 Å². The Morgan fingerprint density at radius 1 is 1.33 bits per heavy atom. The Hall–Kier alpha value is -3.41. The van der Waals surface area contributed by atoms with Crippen molar-refractivity contribution in [3.05, 3.63) is 70.0 Å². The number of aliphatic imine (C=N–C) groups is 3. The highest BCUT2D eigenvalue weighted by atomic mass is 35.5. The summed E-state index contributed by atoms with van der Waals surface area (Å²) in [5, 5.41) is 14.6. The van der Waals surface area contributed by atoms with E-state index in [1.54, 1.807) is 48.7 Å². The molecule has 0 amide bonds. The normalized spacial score (nSPS) is 15.1. The zero-order chi connectivity index (χ0) is 21.5. The van der Waals surface area contributed by atoms with Crippen LogP contribution in [0.2, 0.25) is 10.0 Å². The number of nitrogens with one attached hydrogen (secondary N) is 2. The van der Waals surface area contributed by atoms with Gasteiger partial charge in [0.1, 0.15) is 23.9 Å². The second kappa shape index (κ2) is 9.87. The molecular formula is C20H18Cl2N8. The molecule has 0 bridgehead atoms. The fourth-order valence-corrected chi connectivity index (χ4v) is 3.04. The smallest absolute Gasteiger partial charge is 0.175 e. The van der Waals surface area contributed by atoms with Crippen molar-refractivity contribution in [1.29, 1.82) is 5.26 Å². The first-order chi connectivity index (χ1) is 14.5. The summed E-state index contributed by atoms with van der Waals surface area (Å²) in [6, 6.07) is 10.6. The average Bonchev–Trinajstić information content (AvgIpc) is 2.74. The number of nitrogens with zero attached hydrogens (tertiary/aromatic N) is 6. The lowest BCUT2D eigenvalue weighted by molar-refractivity contribution is 0.493. The molecule has 0 radical (unpaired) electrons. The number of hydrazine groups is 1. The van der Waals surface area contributed by atoms with Gasteiger partial charge in [0.05, 0.1) is 17.1 Å². The maximum Gasteiger partial charge on any atom is 0.175 e. The molecule has 0 unspecified atom stereocenters. The molecule has 2 N–H and O–H groups in total. The third kappa shape index (κ3) is 5.14. The lowest BCUT2D eigenvalue weighted by Gasteiger charge is -2.29. The molecule has 10 heteroatoms. The van der Waals surface area contributed by atoms with Crippen molar-refractivity contribution in [3.8, 4) is 6.07 Å². The van der Waals surface area contributed by atoms with E-state index in [2.05, 4.69) is 37.3 Å². The number of nitriles is 1. The van der Waals surface area contributed by atoms with E-state index in [9.17, 15) is 0 Å². The summed E-state index contributed by atoms with van der Waals surface area (Å²) >= 11 is 12.3. The van der Waals surface area contributed by atoms with Gasteiger partial charge in [0.2, 0.25) is 0 Å². The Kier molecular flexibility index (Phi) is 7.01. The van der Waals surface area contributed by atoms with Crippen LogP contribution in [0.1, 0.15) is 11.1 Å². The van der Waals surface area contributed by atoms with Crippen molar-refractivity contribution in [1.82, 2.24) is 15.4 Å². The van der Waals surface area contributed by atoms with Gasteiger partial charge in [0.15, 0.2) is 11.7 Å². The number of amidine groups is 2. The van der Waals surface area contributed by atoms with Crippen molar-refractivity contribution >= 4 is 47.0 Å². The summed E-state index contributed by atoms with van der Waals surface area (Å²) in [6.45, 7) is 4.99. The first-order valence-electron chi connectivity index (χ1n) is 8.88. The van der Waals surface area contributed by atoms with Crippen LogP contribution in [0, 0.1) is 11.3 Å². The SMILES string of the molecule is C=C1C(=NCCNc2ccc(C#N)cn2)N=C(c2ccc(Cl)cc2Cl)NN1C=NC. The van der Waals surface area contributed by atoms with Crippen LogP contribution in [-0.2, 0) is 0 Å². The van der Waals surface area contributed by atoms with E-state index in [4.69, 9.17) is 28.5 Å². The van der Waals surface area contributed by atoms with Crippen molar-refractivity contribution in [2.45, 2.75) is 0 Å². The summed E-state index contributed by atoms with van der Waals surface area (Å²) in [6.07, 6.45) is 3.09. The Balaban J connectivity index is 1.77. The lowest BCUT2D eigenvalue weighted by Crippen LogP contribution is -2.46. The van der Waals surface area contributed by atoms with Crippen LogP contribution in [-0.4, -0.2) is 48.1 Å². The van der Waals surface area contributed by atoms with Crippen molar-refractivity contribution in [3.63, 3.8) is 0 Å². The standard InChI is InChI=1S/C20H18Cl2N8/c1-13-19(26-8-7-25-18-6-3-14(10-23)11-27-18)28-20(29-30(13)12-24-2)16-5-4-15(21)9-17(16)22/h3-6,9,11-12H,1,7-8H2,2H3,(H,25,27)(H,26,28,29). The molecule has 30 heavy (non-hydrogen) atoms. The summed E-state index contributed by atoms with van der Waals surface area (Å²) in [5.41, 5.74) is 4.84. The van der Waals surface area contributed by atoms with Crippen LogP contribution < -0.4 is 10.7 Å². The first-order valence-corrected chi connectivity index (χ1v) is 9.63. The predicted octanol–water partition coefficient (Wildman–Crippen LogP) is 3.51. The van der Waals surface area contributed by atoms with Gasteiger partial charge >= 0.3 is 0 Å². The maximum atomic E-state index is 8.82. The predicted molar refractivity (Wildman–Crippen MR) is 121 cm³/mol. The summed E-state index contributed by atoms with van der Waals surface area (Å²) in [7, 11) is 1.65. The van der Waals surface area contributed by atoms with Gasteiger partial charge in [0, 0.05) is 30.4 Å². The molecule has 8 nitrogen and oxygen atoms in total. The van der Waals surface area contributed by atoms with Crippen LogP contribution in [0.25, 0.3) is 0 Å². The minimum atomic E-state index is 0.429. The van der Waals surface area contributed by atoms with Crippen LogP contribution in [0.4, 0.5) is 5.82 Å². The van der Waals surface area contributed by atoms with Gasteiger partial charge in [-0.05, 0) is 30.3 Å². The van der Waals surface area contributed by atoms with E-state index in [-0.39, 0.29) is 0 Å². The molecule has 152 valence electrons. The number of hydrogen-bond acceptors (Lipinski definition) is 6. The van der Waals surface area contributed by atoms with E-state index >= 15 is 0 Å². The van der Waals surface area contributed by atoms with Crippen LogP contribution in [0.5, 0.6) is 0 Å². The monoisotopic (exact) mass is 440 g/mol.